The summed E-state index contributed by atoms with van der Waals surface area (Å²) in [5.74, 6) is -0.869. The maximum absolute atomic E-state index is 13.9. The quantitative estimate of drug-likeness (QED) is 0.877. The van der Waals surface area contributed by atoms with E-state index < -0.39 is 11.6 Å². The van der Waals surface area contributed by atoms with Crippen LogP contribution in [0.2, 0.25) is 0 Å². The van der Waals surface area contributed by atoms with Gasteiger partial charge in [0.05, 0.1) is 11.9 Å². The van der Waals surface area contributed by atoms with Crippen molar-refractivity contribution in [2.45, 2.75) is 20.4 Å². The summed E-state index contributed by atoms with van der Waals surface area (Å²) >= 11 is 0. The molecule has 2 rings (SSSR count). The molecule has 0 bridgehead atoms. The molecule has 0 atom stereocenters. The van der Waals surface area contributed by atoms with Crippen LogP contribution in [0.25, 0.3) is 11.3 Å². The smallest absolute Gasteiger partial charge is 0.133 e. The van der Waals surface area contributed by atoms with Gasteiger partial charge in [-0.25, -0.2) is 8.78 Å². The second-order valence-electron chi connectivity index (χ2n) is 4.13. The van der Waals surface area contributed by atoms with Crippen molar-refractivity contribution in [3.8, 4) is 11.3 Å². The highest BCUT2D eigenvalue weighted by Crippen LogP contribution is 2.26. The van der Waals surface area contributed by atoms with Crippen molar-refractivity contribution in [2.24, 2.45) is 0 Å². The Morgan fingerprint density at radius 1 is 1.28 bits per heavy atom. The average Bonchev–Trinajstić information content (AvgIpc) is 2.79. The van der Waals surface area contributed by atoms with E-state index in [4.69, 9.17) is 0 Å². The molecule has 0 radical (unpaired) electrons. The molecule has 0 aliphatic rings. The van der Waals surface area contributed by atoms with Gasteiger partial charge in [-0.3, -0.25) is 5.10 Å². The molecule has 3 nitrogen and oxygen atoms in total. The van der Waals surface area contributed by atoms with Crippen molar-refractivity contribution in [3.05, 3.63) is 41.1 Å². The Morgan fingerprint density at radius 2 is 2.06 bits per heavy atom. The number of aromatic amines is 1. The highest BCUT2D eigenvalue weighted by molar-refractivity contribution is 5.64. The molecular weight excluding hydrogens is 236 g/mol. The molecule has 0 saturated carbocycles. The Balaban J connectivity index is 2.42. The molecule has 2 N–H and O–H groups in total. The molecule has 0 unspecified atom stereocenters. The molecule has 96 valence electrons. The number of aryl methyl sites for hydroxylation is 1. The molecule has 2 aromatic rings. The number of halogens is 2. The van der Waals surface area contributed by atoms with Gasteiger partial charge >= 0.3 is 0 Å². The van der Waals surface area contributed by atoms with Gasteiger partial charge in [-0.1, -0.05) is 6.92 Å². The molecule has 1 aromatic carbocycles. The first-order chi connectivity index (χ1) is 8.63. The van der Waals surface area contributed by atoms with Gasteiger partial charge < -0.3 is 5.32 Å². The van der Waals surface area contributed by atoms with E-state index in [-0.39, 0.29) is 5.56 Å². The predicted molar refractivity (Wildman–Crippen MR) is 66.1 cm³/mol. The number of benzene rings is 1. The fourth-order valence-electron chi connectivity index (χ4n) is 1.78. The van der Waals surface area contributed by atoms with E-state index in [0.717, 1.165) is 12.1 Å². The number of H-pyrrole nitrogens is 1. The number of aromatic nitrogens is 2. The lowest BCUT2D eigenvalue weighted by Crippen LogP contribution is -2.12. The molecule has 0 aliphatic heterocycles. The SMILES string of the molecule is CCNCc1cn[nH]c1-c1cc(F)c(C)cc1F. The Labute approximate surface area is 104 Å². The van der Waals surface area contributed by atoms with Crippen molar-refractivity contribution >= 4 is 0 Å². The van der Waals surface area contributed by atoms with Crippen LogP contribution in [0.15, 0.2) is 18.3 Å². The zero-order valence-corrected chi connectivity index (χ0v) is 10.3. The Bertz CT molecular complexity index is 549. The van der Waals surface area contributed by atoms with Gasteiger partial charge in [0.1, 0.15) is 11.6 Å². The summed E-state index contributed by atoms with van der Waals surface area (Å²) in [6.07, 6.45) is 1.62. The lowest BCUT2D eigenvalue weighted by atomic mass is 10.0. The normalized spacial score (nSPS) is 10.9. The van der Waals surface area contributed by atoms with E-state index in [1.807, 2.05) is 6.92 Å². The van der Waals surface area contributed by atoms with Crippen LogP contribution in [-0.2, 0) is 6.54 Å². The highest BCUT2D eigenvalue weighted by atomic mass is 19.1. The van der Waals surface area contributed by atoms with Crippen molar-refractivity contribution in [1.29, 1.82) is 0 Å². The Morgan fingerprint density at radius 3 is 2.78 bits per heavy atom. The second-order valence-corrected chi connectivity index (χ2v) is 4.13. The zero-order valence-electron chi connectivity index (χ0n) is 10.3. The molecule has 0 amide bonds. The average molecular weight is 251 g/mol. The van der Waals surface area contributed by atoms with Crippen LogP contribution in [0.1, 0.15) is 18.1 Å². The van der Waals surface area contributed by atoms with E-state index in [9.17, 15) is 8.78 Å². The van der Waals surface area contributed by atoms with Crippen LogP contribution < -0.4 is 5.32 Å². The fraction of sp³-hybridized carbons (Fsp3) is 0.308. The number of hydrogen-bond acceptors (Lipinski definition) is 2. The maximum Gasteiger partial charge on any atom is 0.133 e. The van der Waals surface area contributed by atoms with Gasteiger partial charge in [-0.05, 0) is 31.2 Å². The van der Waals surface area contributed by atoms with Crippen molar-refractivity contribution in [1.82, 2.24) is 15.5 Å². The fourth-order valence-corrected chi connectivity index (χ4v) is 1.78. The van der Waals surface area contributed by atoms with Gasteiger partial charge in [0.25, 0.3) is 0 Å². The van der Waals surface area contributed by atoms with Crippen LogP contribution >= 0.6 is 0 Å². The first-order valence-electron chi connectivity index (χ1n) is 5.82. The van der Waals surface area contributed by atoms with Crippen LogP contribution in [0.5, 0.6) is 0 Å². The lowest BCUT2D eigenvalue weighted by Gasteiger charge is -2.07. The van der Waals surface area contributed by atoms with Crippen molar-refractivity contribution in [2.75, 3.05) is 6.54 Å². The van der Waals surface area contributed by atoms with Gasteiger partial charge in [0.2, 0.25) is 0 Å². The zero-order chi connectivity index (χ0) is 13.1. The van der Waals surface area contributed by atoms with Crippen molar-refractivity contribution in [3.63, 3.8) is 0 Å². The van der Waals surface area contributed by atoms with Gasteiger partial charge in [0, 0.05) is 17.7 Å². The first kappa shape index (κ1) is 12.7. The minimum absolute atomic E-state index is 0.212. The first-order valence-corrected chi connectivity index (χ1v) is 5.82. The highest BCUT2D eigenvalue weighted by Gasteiger charge is 2.14. The molecule has 5 heteroatoms. The largest absolute Gasteiger partial charge is 0.313 e. The van der Waals surface area contributed by atoms with E-state index >= 15 is 0 Å². The predicted octanol–water partition coefficient (Wildman–Crippen LogP) is 2.77. The van der Waals surface area contributed by atoms with Gasteiger partial charge in [0.15, 0.2) is 0 Å². The monoisotopic (exact) mass is 251 g/mol. The van der Waals surface area contributed by atoms with Crippen LogP contribution in [-0.4, -0.2) is 16.7 Å². The van der Waals surface area contributed by atoms with Gasteiger partial charge in [-0.2, -0.15) is 5.10 Å². The summed E-state index contributed by atoms with van der Waals surface area (Å²) < 4.78 is 27.4. The summed E-state index contributed by atoms with van der Waals surface area (Å²) in [4.78, 5) is 0. The third kappa shape index (κ3) is 2.41. The van der Waals surface area contributed by atoms with E-state index in [1.54, 1.807) is 6.20 Å². The minimum Gasteiger partial charge on any atom is -0.313 e. The van der Waals surface area contributed by atoms with Crippen LogP contribution in [0.3, 0.4) is 0 Å². The molecule has 1 heterocycles. The molecule has 0 aliphatic carbocycles. The third-order valence-electron chi connectivity index (χ3n) is 2.80. The molecule has 0 spiro atoms. The number of nitrogens with zero attached hydrogens (tertiary/aromatic N) is 1. The summed E-state index contributed by atoms with van der Waals surface area (Å²) in [6.45, 7) is 4.88. The Kier molecular flexibility index (Phi) is 3.72. The topological polar surface area (TPSA) is 40.7 Å². The summed E-state index contributed by atoms with van der Waals surface area (Å²) in [6, 6.07) is 2.40. The molecule has 1 aromatic heterocycles. The summed E-state index contributed by atoms with van der Waals surface area (Å²) in [7, 11) is 0. The maximum atomic E-state index is 13.9. The van der Waals surface area contributed by atoms with E-state index in [2.05, 4.69) is 15.5 Å². The lowest BCUT2D eigenvalue weighted by molar-refractivity contribution is 0.594. The Hall–Kier alpha value is -1.75. The summed E-state index contributed by atoms with van der Waals surface area (Å²) in [5.41, 5.74) is 1.85. The molecule has 18 heavy (non-hydrogen) atoms. The molecule has 0 saturated heterocycles. The minimum atomic E-state index is -0.448. The molecule has 0 fully saturated rings. The van der Waals surface area contributed by atoms with E-state index in [1.165, 1.54) is 19.1 Å². The number of nitrogens with one attached hydrogen (secondary N) is 2. The number of hydrogen-bond donors (Lipinski definition) is 2. The van der Waals surface area contributed by atoms with Crippen LogP contribution in [0, 0.1) is 18.6 Å². The van der Waals surface area contributed by atoms with Gasteiger partial charge in [-0.15, -0.1) is 0 Å². The van der Waals surface area contributed by atoms with Crippen LogP contribution in [0.4, 0.5) is 8.78 Å². The third-order valence-corrected chi connectivity index (χ3v) is 2.80. The van der Waals surface area contributed by atoms with Crippen molar-refractivity contribution < 1.29 is 8.78 Å². The second kappa shape index (κ2) is 5.27. The molecular formula is C13H15F2N3. The van der Waals surface area contributed by atoms with E-state index in [0.29, 0.717) is 17.8 Å². The number of rotatable bonds is 4. The summed E-state index contributed by atoms with van der Waals surface area (Å²) in [5, 5.41) is 9.74. The standard InChI is InChI=1S/C13H15F2N3/c1-3-16-6-9-7-17-18-13(9)10-5-11(14)8(2)4-12(10)15/h4-5,7,16H,3,6H2,1-2H3,(H,17,18).